The Morgan fingerprint density at radius 2 is 1.87 bits per heavy atom. The first-order valence-corrected chi connectivity index (χ1v) is 8.08. The minimum atomic E-state index is -0.521. The topological polar surface area (TPSA) is 51.1 Å². The molecule has 1 aliphatic heterocycles. The molecule has 1 amide bonds. The van der Waals surface area contributed by atoms with Crippen LogP contribution in [0.1, 0.15) is 26.3 Å². The first-order chi connectivity index (χ1) is 11.0. The SMILES string of the molecule is CC(C)(C)C(=NC(=O)OCCN1CCOCC1)c1ccccc1. The molecule has 1 aliphatic rings. The van der Waals surface area contributed by atoms with E-state index in [0.29, 0.717) is 6.61 Å². The van der Waals surface area contributed by atoms with Crippen LogP contribution in [0.2, 0.25) is 0 Å². The summed E-state index contributed by atoms with van der Waals surface area (Å²) in [5.74, 6) is 0. The maximum Gasteiger partial charge on any atom is 0.433 e. The van der Waals surface area contributed by atoms with Gasteiger partial charge in [-0.15, -0.1) is 0 Å². The summed E-state index contributed by atoms with van der Waals surface area (Å²) in [4.78, 5) is 18.5. The van der Waals surface area contributed by atoms with Crippen molar-refractivity contribution in [2.45, 2.75) is 20.8 Å². The van der Waals surface area contributed by atoms with Crippen molar-refractivity contribution < 1.29 is 14.3 Å². The molecule has 1 fully saturated rings. The van der Waals surface area contributed by atoms with Crippen molar-refractivity contribution in [3.63, 3.8) is 0 Å². The van der Waals surface area contributed by atoms with Crippen molar-refractivity contribution in [3.05, 3.63) is 35.9 Å². The lowest BCUT2D eigenvalue weighted by Gasteiger charge is -2.26. The summed E-state index contributed by atoms with van der Waals surface area (Å²) in [7, 11) is 0. The zero-order valence-corrected chi connectivity index (χ0v) is 14.2. The van der Waals surface area contributed by atoms with Crippen LogP contribution < -0.4 is 0 Å². The Kier molecular flexibility index (Phi) is 6.30. The molecule has 126 valence electrons. The number of rotatable bonds is 4. The number of amides is 1. The zero-order valence-electron chi connectivity index (χ0n) is 14.2. The fraction of sp³-hybridized carbons (Fsp3) is 0.556. The summed E-state index contributed by atoms with van der Waals surface area (Å²) < 4.78 is 10.6. The minimum Gasteiger partial charge on any atom is -0.447 e. The van der Waals surface area contributed by atoms with E-state index in [4.69, 9.17) is 9.47 Å². The second kappa shape index (κ2) is 8.22. The Morgan fingerprint density at radius 3 is 2.48 bits per heavy atom. The number of carbonyl (C=O) groups is 1. The predicted octanol–water partition coefficient (Wildman–Crippen LogP) is 2.99. The summed E-state index contributed by atoms with van der Waals surface area (Å²) in [5, 5.41) is 0. The van der Waals surface area contributed by atoms with E-state index < -0.39 is 6.09 Å². The predicted molar refractivity (Wildman–Crippen MR) is 91.0 cm³/mol. The van der Waals surface area contributed by atoms with Crippen LogP contribution in [0.15, 0.2) is 35.3 Å². The lowest BCUT2D eigenvalue weighted by atomic mass is 9.85. The fourth-order valence-corrected chi connectivity index (χ4v) is 2.47. The van der Waals surface area contributed by atoms with E-state index in [1.54, 1.807) is 0 Å². The van der Waals surface area contributed by atoms with Crippen molar-refractivity contribution in [1.82, 2.24) is 4.90 Å². The van der Waals surface area contributed by atoms with Gasteiger partial charge in [0.1, 0.15) is 6.61 Å². The molecule has 1 saturated heterocycles. The Balaban J connectivity index is 1.94. The van der Waals surface area contributed by atoms with Gasteiger partial charge in [-0.25, -0.2) is 4.79 Å². The molecule has 0 unspecified atom stereocenters. The Bertz CT molecular complexity index is 529. The van der Waals surface area contributed by atoms with Gasteiger partial charge in [-0.1, -0.05) is 51.1 Å². The highest BCUT2D eigenvalue weighted by Gasteiger charge is 2.22. The summed E-state index contributed by atoms with van der Waals surface area (Å²) in [5.41, 5.74) is 1.46. The van der Waals surface area contributed by atoms with Crippen LogP contribution >= 0.6 is 0 Å². The van der Waals surface area contributed by atoms with Crippen LogP contribution in [0.4, 0.5) is 4.79 Å². The number of aliphatic imine (C=N–C) groups is 1. The first kappa shape index (κ1) is 17.6. The van der Waals surface area contributed by atoms with Gasteiger partial charge in [0.25, 0.3) is 0 Å². The average molecular weight is 318 g/mol. The molecule has 5 nitrogen and oxygen atoms in total. The van der Waals surface area contributed by atoms with Crippen LogP contribution in [0, 0.1) is 5.41 Å². The van der Waals surface area contributed by atoms with Crippen LogP contribution in [-0.4, -0.2) is 56.2 Å². The van der Waals surface area contributed by atoms with E-state index >= 15 is 0 Å². The third kappa shape index (κ3) is 5.77. The van der Waals surface area contributed by atoms with E-state index in [-0.39, 0.29) is 5.41 Å². The van der Waals surface area contributed by atoms with Gasteiger partial charge in [-0.3, -0.25) is 4.90 Å². The summed E-state index contributed by atoms with van der Waals surface area (Å²) in [6.07, 6.45) is -0.521. The molecule has 1 heterocycles. The summed E-state index contributed by atoms with van der Waals surface area (Å²) >= 11 is 0. The van der Waals surface area contributed by atoms with Crippen molar-refractivity contribution in [1.29, 1.82) is 0 Å². The molecular weight excluding hydrogens is 292 g/mol. The largest absolute Gasteiger partial charge is 0.447 e. The highest BCUT2D eigenvalue weighted by atomic mass is 16.5. The van der Waals surface area contributed by atoms with Crippen molar-refractivity contribution in [3.8, 4) is 0 Å². The number of hydrogen-bond acceptors (Lipinski definition) is 4. The van der Waals surface area contributed by atoms with Gasteiger partial charge in [-0.05, 0) is 5.56 Å². The lowest BCUT2D eigenvalue weighted by Crippen LogP contribution is -2.38. The molecule has 0 radical (unpaired) electrons. The number of morpholine rings is 1. The Labute approximate surface area is 138 Å². The zero-order chi connectivity index (χ0) is 16.7. The molecule has 0 bridgehead atoms. The van der Waals surface area contributed by atoms with Gasteiger partial charge in [0.15, 0.2) is 0 Å². The Hall–Kier alpha value is -1.72. The molecule has 23 heavy (non-hydrogen) atoms. The maximum atomic E-state index is 12.1. The molecule has 0 N–H and O–H groups in total. The van der Waals surface area contributed by atoms with E-state index in [2.05, 4.69) is 9.89 Å². The highest BCUT2D eigenvalue weighted by Crippen LogP contribution is 2.22. The van der Waals surface area contributed by atoms with Crippen LogP contribution in [-0.2, 0) is 9.47 Å². The molecule has 0 saturated carbocycles. The molecule has 0 aliphatic carbocycles. The molecule has 0 aromatic heterocycles. The van der Waals surface area contributed by atoms with Gasteiger partial charge in [0, 0.05) is 25.0 Å². The van der Waals surface area contributed by atoms with Crippen molar-refractivity contribution in [2.24, 2.45) is 10.4 Å². The molecule has 1 aromatic carbocycles. The number of nitrogens with zero attached hydrogens (tertiary/aromatic N) is 2. The average Bonchev–Trinajstić information content (AvgIpc) is 2.53. The van der Waals surface area contributed by atoms with Gasteiger partial charge in [0.05, 0.1) is 18.9 Å². The molecule has 1 aromatic rings. The smallest absolute Gasteiger partial charge is 0.433 e. The molecular formula is C18H26N2O3. The molecule has 5 heteroatoms. The lowest BCUT2D eigenvalue weighted by molar-refractivity contribution is 0.0288. The standard InChI is InChI=1S/C18H26N2O3/c1-18(2,3)16(15-7-5-4-6-8-15)19-17(21)23-14-11-20-9-12-22-13-10-20/h4-8H,9-14H2,1-3H3. The van der Waals surface area contributed by atoms with E-state index in [1.165, 1.54) is 0 Å². The number of carbonyl (C=O) groups excluding carboxylic acids is 1. The monoisotopic (exact) mass is 318 g/mol. The third-order valence-electron chi connectivity index (χ3n) is 3.70. The second-order valence-electron chi connectivity index (χ2n) is 6.64. The number of hydrogen-bond donors (Lipinski definition) is 0. The quantitative estimate of drug-likeness (QED) is 0.801. The number of benzene rings is 1. The van der Waals surface area contributed by atoms with E-state index in [1.807, 2.05) is 51.1 Å². The summed E-state index contributed by atoms with van der Waals surface area (Å²) in [6, 6.07) is 9.77. The van der Waals surface area contributed by atoms with Crippen LogP contribution in [0.3, 0.4) is 0 Å². The van der Waals surface area contributed by atoms with Crippen molar-refractivity contribution in [2.75, 3.05) is 39.5 Å². The van der Waals surface area contributed by atoms with Crippen LogP contribution in [0.25, 0.3) is 0 Å². The van der Waals surface area contributed by atoms with Gasteiger partial charge < -0.3 is 9.47 Å². The molecule has 0 spiro atoms. The van der Waals surface area contributed by atoms with E-state index in [9.17, 15) is 4.79 Å². The van der Waals surface area contributed by atoms with Gasteiger partial charge in [-0.2, -0.15) is 4.99 Å². The van der Waals surface area contributed by atoms with Gasteiger partial charge in [0.2, 0.25) is 0 Å². The van der Waals surface area contributed by atoms with Gasteiger partial charge >= 0.3 is 6.09 Å². The summed E-state index contributed by atoms with van der Waals surface area (Å²) in [6.45, 7) is 10.5. The fourth-order valence-electron chi connectivity index (χ4n) is 2.47. The van der Waals surface area contributed by atoms with E-state index in [0.717, 1.165) is 44.1 Å². The highest BCUT2D eigenvalue weighted by molar-refractivity contribution is 6.08. The van der Waals surface area contributed by atoms with Crippen molar-refractivity contribution >= 4 is 11.8 Å². The first-order valence-electron chi connectivity index (χ1n) is 8.08. The van der Waals surface area contributed by atoms with Crippen LogP contribution in [0.5, 0.6) is 0 Å². The third-order valence-corrected chi connectivity index (χ3v) is 3.70. The molecule has 2 rings (SSSR count). The molecule has 0 atom stereocenters. The normalized spacial score (nSPS) is 17.1. The second-order valence-corrected chi connectivity index (χ2v) is 6.64. The Morgan fingerprint density at radius 1 is 1.22 bits per heavy atom. The number of ether oxygens (including phenoxy) is 2. The maximum absolute atomic E-state index is 12.1. The minimum absolute atomic E-state index is 0.232.